The molecule has 0 atom stereocenters. The molecule has 1 saturated heterocycles. The summed E-state index contributed by atoms with van der Waals surface area (Å²) in [6.45, 7) is 12.9. The highest BCUT2D eigenvalue weighted by Crippen LogP contribution is 2.37. The lowest BCUT2D eigenvalue weighted by Gasteiger charge is -2.33. The van der Waals surface area contributed by atoms with Crippen LogP contribution in [0.5, 0.6) is 0 Å². The van der Waals surface area contributed by atoms with Crippen LogP contribution in [0.1, 0.15) is 46.6 Å². The number of hydrogen-bond donors (Lipinski definition) is 2. The maximum atomic E-state index is 13.6. The van der Waals surface area contributed by atoms with E-state index in [9.17, 15) is 14.0 Å². The molecule has 0 unspecified atom stereocenters. The van der Waals surface area contributed by atoms with Crippen molar-refractivity contribution in [1.29, 1.82) is 0 Å². The van der Waals surface area contributed by atoms with Gasteiger partial charge >= 0.3 is 0 Å². The summed E-state index contributed by atoms with van der Waals surface area (Å²) in [7, 11) is 2.04. The molecular formula is C29H36ClFN6O2. The van der Waals surface area contributed by atoms with Gasteiger partial charge in [0.15, 0.2) is 0 Å². The van der Waals surface area contributed by atoms with Gasteiger partial charge in [-0.05, 0) is 63.2 Å². The third kappa shape index (κ3) is 7.10. The molecule has 39 heavy (non-hydrogen) atoms. The smallest absolute Gasteiger partial charge is 0.257 e. The molecular weight excluding hydrogens is 519 g/mol. The number of fused-ring (bicyclic) bond motifs is 1. The predicted octanol–water partition coefficient (Wildman–Crippen LogP) is 5.82. The van der Waals surface area contributed by atoms with E-state index >= 15 is 0 Å². The first kappa shape index (κ1) is 30.0. The molecule has 0 radical (unpaired) electrons. The molecule has 2 N–H and O–H groups in total. The van der Waals surface area contributed by atoms with Crippen LogP contribution in [0.4, 0.5) is 21.7 Å². The summed E-state index contributed by atoms with van der Waals surface area (Å²) < 4.78 is 13.6. The molecule has 2 aromatic rings. The second kappa shape index (κ2) is 13.5. The number of benzene rings is 1. The SMILES string of the molecule is CCC.C\C=C(C(=O)N1CCN(C)CC1)/C(C)=C(C)/C=C1\C(=O)Nc2ncnc(Nc3ccc(F)c(Cl)c3)c21. The van der Waals surface area contributed by atoms with Crippen molar-refractivity contribution in [3.8, 4) is 0 Å². The predicted molar refractivity (Wildman–Crippen MR) is 156 cm³/mol. The van der Waals surface area contributed by atoms with Crippen LogP contribution in [-0.2, 0) is 9.59 Å². The van der Waals surface area contributed by atoms with Crippen molar-refractivity contribution < 1.29 is 14.0 Å². The molecule has 0 saturated carbocycles. The van der Waals surface area contributed by atoms with Crippen LogP contribution in [0.2, 0.25) is 5.02 Å². The Morgan fingerprint density at radius 2 is 1.85 bits per heavy atom. The van der Waals surface area contributed by atoms with Gasteiger partial charge in [-0.3, -0.25) is 9.59 Å². The number of nitrogens with one attached hydrogen (secondary N) is 2. The van der Waals surface area contributed by atoms with Crippen molar-refractivity contribution in [3.05, 3.63) is 69.8 Å². The van der Waals surface area contributed by atoms with Crippen LogP contribution in [0, 0.1) is 5.82 Å². The van der Waals surface area contributed by atoms with E-state index in [2.05, 4.69) is 39.3 Å². The lowest BCUT2D eigenvalue weighted by atomic mass is 9.97. The van der Waals surface area contributed by atoms with Crippen molar-refractivity contribution in [3.63, 3.8) is 0 Å². The van der Waals surface area contributed by atoms with Gasteiger partial charge in [0.1, 0.15) is 23.8 Å². The number of rotatable bonds is 5. The Kier molecular flexibility index (Phi) is 10.4. The third-order valence-corrected chi connectivity index (χ3v) is 6.73. The maximum absolute atomic E-state index is 13.6. The van der Waals surface area contributed by atoms with E-state index in [1.807, 2.05) is 38.8 Å². The van der Waals surface area contributed by atoms with Gasteiger partial charge in [-0.2, -0.15) is 0 Å². The van der Waals surface area contributed by atoms with Crippen molar-refractivity contribution in [2.75, 3.05) is 43.9 Å². The van der Waals surface area contributed by atoms with Crippen molar-refractivity contribution in [1.82, 2.24) is 19.8 Å². The molecule has 1 aromatic carbocycles. The number of carbonyl (C=O) groups excluding carboxylic acids is 2. The number of anilines is 3. The lowest BCUT2D eigenvalue weighted by molar-refractivity contribution is -0.128. The number of nitrogens with zero attached hydrogens (tertiary/aromatic N) is 4. The molecule has 4 rings (SSSR count). The number of amides is 2. The molecule has 10 heteroatoms. The highest BCUT2D eigenvalue weighted by molar-refractivity contribution is 6.33. The highest BCUT2D eigenvalue weighted by Gasteiger charge is 2.30. The van der Waals surface area contributed by atoms with Gasteiger partial charge in [0.2, 0.25) is 0 Å². The summed E-state index contributed by atoms with van der Waals surface area (Å²) >= 11 is 5.91. The quantitative estimate of drug-likeness (QED) is 0.357. The molecule has 8 nitrogen and oxygen atoms in total. The Hall–Kier alpha value is -3.56. The van der Waals surface area contributed by atoms with E-state index in [-0.39, 0.29) is 16.8 Å². The first-order valence-electron chi connectivity index (χ1n) is 13.0. The van der Waals surface area contributed by atoms with Gasteiger partial charge in [-0.15, -0.1) is 0 Å². The van der Waals surface area contributed by atoms with Crippen molar-refractivity contribution >= 4 is 46.3 Å². The zero-order valence-corrected chi connectivity index (χ0v) is 24.1. The van der Waals surface area contributed by atoms with Gasteiger partial charge in [0.25, 0.3) is 11.8 Å². The standard InChI is InChI=1S/C26H28ClFN6O2.C3H8/c1-5-18(26(36)34-10-8-33(4)9-11-34)16(3)15(2)12-19-22-23(29-14-30-24(22)32-25(19)35)31-17-6-7-21(28)20(27)13-17;1-3-2/h5-7,12-14H,8-11H2,1-4H3,(H2,29,30,31,32,35);3H2,1-2H3/b16-15+,18-5+,19-12-;. The van der Waals surface area contributed by atoms with Crippen molar-refractivity contribution in [2.45, 2.75) is 41.0 Å². The zero-order valence-electron chi connectivity index (χ0n) is 23.4. The van der Waals surface area contributed by atoms with Crippen LogP contribution in [0.3, 0.4) is 0 Å². The average molecular weight is 555 g/mol. The second-order valence-electron chi connectivity index (χ2n) is 9.52. The average Bonchev–Trinajstić information content (AvgIpc) is 3.23. The van der Waals surface area contributed by atoms with Crippen LogP contribution < -0.4 is 10.6 Å². The van der Waals surface area contributed by atoms with Crippen LogP contribution >= 0.6 is 11.6 Å². The third-order valence-electron chi connectivity index (χ3n) is 6.44. The minimum Gasteiger partial charge on any atom is -0.339 e. The normalized spacial score (nSPS) is 17.2. The number of hydrogen-bond acceptors (Lipinski definition) is 6. The largest absolute Gasteiger partial charge is 0.339 e. The topological polar surface area (TPSA) is 90.5 Å². The molecule has 2 aliphatic heterocycles. The maximum Gasteiger partial charge on any atom is 0.257 e. The molecule has 0 bridgehead atoms. The van der Waals surface area contributed by atoms with Crippen LogP contribution in [0.25, 0.3) is 5.57 Å². The fourth-order valence-electron chi connectivity index (χ4n) is 4.18. The number of likely N-dealkylation sites (N-methyl/N-ethyl adjacent to an activating group) is 1. The summed E-state index contributed by atoms with van der Waals surface area (Å²) in [5.74, 6) is -0.143. The van der Waals surface area contributed by atoms with E-state index < -0.39 is 5.82 Å². The first-order valence-corrected chi connectivity index (χ1v) is 13.4. The molecule has 2 aliphatic rings. The van der Waals surface area contributed by atoms with Gasteiger partial charge in [0, 0.05) is 37.4 Å². The number of aromatic nitrogens is 2. The van der Waals surface area contributed by atoms with Gasteiger partial charge in [-0.25, -0.2) is 14.4 Å². The summed E-state index contributed by atoms with van der Waals surface area (Å²) in [6, 6.07) is 4.22. The highest BCUT2D eigenvalue weighted by atomic mass is 35.5. The minimum absolute atomic E-state index is 0.0176. The van der Waals surface area contributed by atoms with Crippen LogP contribution in [0.15, 0.2) is 53.4 Å². The zero-order chi connectivity index (χ0) is 28.7. The fraction of sp³-hybridized carbons (Fsp3) is 0.379. The fourth-order valence-corrected chi connectivity index (χ4v) is 4.36. The van der Waals surface area contributed by atoms with E-state index in [0.29, 0.717) is 47.1 Å². The summed E-state index contributed by atoms with van der Waals surface area (Å²) in [4.78, 5) is 38.7. The molecule has 2 amide bonds. The summed E-state index contributed by atoms with van der Waals surface area (Å²) in [6.07, 6.45) is 6.13. The molecule has 0 aliphatic carbocycles. The molecule has 0 spiro atoms. The molecule has 1 fully saturated rings. The van der Waals surface area contributed by atoms with E-state index in [0.717, 1.165) is 24.2 Å². The Bertz CT molecular complexity index is 1330. The number of allylic oxidation sites excluding steroid dienone is 3. The van der Waals surface area contributed by atoms with Crippen molar-refractivity contribution in [2.24, 2.45) is 0 Å². The Morgan fingerprint density at radius 3 is 2.46 bits per heavy atom. The number of halogens is 2. The summed E-state index contributed by atoms with van der Waals surface area (Å²) in [5, 5.41) is 5.82. The molecule has 1 aromatic heterocycles. The van der Waals surface area contributed by atoms with Gasteiger partial charge in [-0.1, -0.05) is 37.9 Å². The Balaban J connectivity index is 0.00000134. The summed E-state index contributed by atoms with van der Waals surface area (Å²) in [5.41, 5.74) is 3.52. The number of carbonyl (C=O) groups is 2. The monoisotopic (exact) mass is 554 g/mol. The van der Waals surface area contributed by atoms with E-state index in [1.165, 1.54) is 30.9 Å². The Labute approximate surface area is 234 Å². The van der Waals surface area contributed by atoms with Gasteiger partial charge < -0.3 is 20.4 Å². The van der Waals surface area contributed by atoms with Crippen LogP contribution in [-0.4, -0.2) is 64.8 Å². The number of piperazine rings is 1. The van der Waals surface area contributed by atoms with E-state index in [1.54, 1.807) is 6.08 Å². The molecule has 3 heterocycles. The Morgan fingerprint density at radius 1 is 1.18 bits per heavy atom. The second-order valence-corrected chi connectivity index (χ2v) is 9.93. The van der Waals surface area contributed by atoms with Gasteiger partial charge in [0.05, 0.1) is 16.2 Å². The lowest BCUT2D eigenvalue weighted by Crippen LogP contribution is -2.47. The first-order chi connectivity index (χ1) is 18.6. The molecule has 208 valence electrons. The van der Waals surface area contributed by atoms with E-state index in [4.69, 9.17) is 11.6 Å². The minimum atomic E-state index is -0.533.